The van der Waals surface area contributed by atoms with E-state index in [2.05, 4.69) is 24.2 Å². The Labute approximate surface area is 136 Å². The van der Waals surface area contributed by atoms with Crippen LogP contribution in [0.4, 0.5) is 0 Å². The van der Waals surface area contributed by atoms with Crippen LogP contribution in [0.3, 0.4) is 0 Å². The number of nitrogens with two attached hydrogens (primary N) is 1. The minimum absolute atomic E-state index is 0. The van der Waals surface area contributed by atoms with Crippen molar-refractivity contribution in [3.8, 4) is 5.75 Å². The largest absolute Gasteiger partial charge is 0.495 e. The molecule has 0 aliphatic heterocycles. The van der Waals surface area contributed by atoms with Gasteiger partial charge in [-0.3, -0.25) is 0 Å². The van der Waals surface area contributed by atoms with Gasteiger partial charge in [0, 0.05) is 6.04 Å². The SMILES string of the molecule is CCC(C)NC(N)=NCc1ccc(OC)c(Cl)c1.I. The fourth-order valence-electron chi connectivity index (χ4n) is 1.38. The smallest absolute Gasteiger partial charge is 0.189 e. The molecule has 1 aromatic rings. The molecule has 0 saturated heterocycles. The summed E-state index contributed by atoms with van der Waals surface area (Å²) >= 11 is 6.03. The fourth-order valence-corrected chi connectivity index (χ4v) is 1.67. The van der Waals surface area contributed by atoms with E-state index in [1.165, 1.54) is 0 Å². The number of aliphatic imine (C=N–C) groups is 1. The van der Waals surface area contributed by atoms with E-state index < -0.39 is 0 Å². The lowest BCUT2D eigenvalue weighted by Gasteiger charge is -2.11. The first-order valence-electron chi connectivity index (χ1n) is 5.95. The van der Waals surface area contributed by atoms with Crippen molar-refractivity contribution in [2.24, 2.45) is 10.7 Å². The molecule has 0 aromatic heterocycles. The number of ether oxygens (including phenoxy) is 1. The molecule has 3 N–H and O–H groups in total. The number of guanidine groups is 1. The Hall–Kier alpha value is -0.690. The summed E-state index contributed by atoms with van der Waals surface area (Å²) in [5.41, 5.74) is 6.77. The molecular formula is C13H21ClIN3O. The van der Waals surface area contributed by atoms with Gasteiger partial charge in [0.15, 0.2) is 5.96 Å². The van der Waals surface area contributed by atoms with Crippen LogP contribution in [0.2, 0.25) is 5.02 Å². The van der Waals surface area contributed by atoms with E-state index >= 15 is 0 Å². The maximum Gasteiger partial charge on any atom is 0.189 e. The number of halogens is 2. The molecule has 6 heteroatoms. The molecule has 1 atom stereocenters. The molecule has 0 bridgehead atoms. The highest BCUT2D eigenvalue weighted by molar-refractivity contribution is 14.0. The first kappa shape index (κ1) is 18.3. The average molecular weight is 398 g/mol. The number of nitrogens with one attached hydrogen (secondary N) is 1. The molecule has 19 heavy (non-hydrogen) atoms. The van der Waals surface area contributed by atoms with Crippen molar-refractivity contribution in [1.29, 1.82) is 0 Å². The Balaban J connectivity index is 0.00000324. The van der Waals surface area contributed by atoms with E-state index in [9.17, 15) is 0 Å². The number of hydrogen-bond acceptors (Lipinski definition) is 2. The number of hydrogen-bond donors (Lipinski definition) is 2. The number of nitrogens with zero attached hydrogens (tertiary/aromatic N) is 1. The van der Waals surface area contributed by atoms with E-state index in [-0.39, 0.29) is 24.0 Å². The van der Waals surface area contributed by atoms with Crippen LogP contribution >= 0.6 is 35.6 Å². The van der Waals surface area contributed by atoms with Crippen LogP contribution in [0, 0.1) is 0 Å². The highest BCUT2D eigenvalue weighted by Crippen LogP contribution is 2.25. The van der Waals surface area contributed by atoms with Gasteiger partial charge >= 0.3 is 0 Å². The van der Waals surface area contributed by atoms with Gasteiger partial charge in [-0.15, -0.1) is 24.0 Å². The van der Waals surface area contributed by atoms with E-state index in [0.29, 0.717) is 29.3 Å². The van der Waals surface area contributed by atoms with Gasteiger partial charge in [0.25, 0.3) is 0 Å². The molecule has 0 radical (unpaired) electrons. The van der Waals surface area contributed by atoms with Crippen LogP contribution in [-0.4, -0.2) is 19.1 Å². The summed E-state index contributed by atoms with van der Waals surface area (Å²) in [7, 11) is 1.59. The zero-order valence-corrected chi connectivity index (χ0v) is 14.5. The summed E-state index contributed by atoms with van der Waals surface area (Å²) in [5.74, 6) is 1.12. The first-order chi connectivity index (χ1) is 8.56. The van der Waals surface area contributed by atoms with E-state index in [1.54, 1.807) is 7.11 Å². The Kier molecular flexibility index (Phi) is 8.92. The molecule has 1 unspecified atom stereocenters. The standard InChI is InChI=1S/C13H20ClN3O.HI/c1-4-9(2)17-13(15)16-8-10-5-6-12(18-3)11(14)7-10;/h5-7,9H,4,8H2,1-3H3,(H3,15,16,17);1H. The third-order valence-corrected chi connectivity index (χ3v) is 2.95. The van der Waals surface area contributed by atoms with Crippen molar-refractivity contribution in [2.45, 2.75) is 32.9 Å². The van der Waals surface area contributed by atoms with Crippen LogP contribution in [0.15, 0.2) is 23.2 Å². The van der Waals surface area contributed by atoms with Crippen molar-refractivity contribution in [1.82, 2.24) is 5.32 Å². The van der Waals surface area contributed by atoms with Crippen molar-refractivity contribution in [3.05, 3.63) is 28.8 Å². The topological polar surface area (TPSA) is 59.6 Å². The Bertz CT molecular complexity index is 426. The summed E-state index contributed by atoms with van der Waals surface area (Å²) in [4.78, 5) is 4.26. The molecule has 0 fully saturated rings. The van der Waals surface area contributed by atoms with E-state index in [0.717, 1.165) is 12.0 Å². The fraction of sp³-hybridized carbons (Fsp3) is 0.462. The van der Waals surface area contributed by atoms with Gasteiger partial charge in [-0.05, 0) is 31.0 Å². The Morgan fingerprint density at radius 1 is 1.53 bits per heavy atom. The highest BCUT2D eigenvalue weighted by Gasteiger charge is 2.02. The van der Waals surface area contributed by atoms with Gasteiger partial charge in [-0.25, -0.2) is 4.99 Å². The second-order valence-electron chi connectivity index (χ2n) is 4.12. The van der Waals surface area contributed by atoms with Gasteiger partial charge in [-0.1, -0.05) is 24.6 Å². The molecular weight excluding hydrogens is 377 g/mol. The van der Waals surface area contributed by atoms with Crippen molar-refractivity contribution in [3.63, 3.8) is 0 Å². The molecule has 0 spiro atoms. The van der Waals surface area contributed by atoms with Gasteiger partial charge < -0.3 is 15.8 Å². The van der Waals surface area contributed by atoms with Crippen molar-refractivity contribution < 1.29 is 4.74 Å². The third-order valence-electron chi connectivity index (χ3n) is 2.65. The van der Waals surface area contributed by atoms with Gasteiger partial charge in [0.1, 0.15) is 5.75 Å². The quantitative estimate of drug-likeness (QED) is 0.456. The summed E-state index contributed by atoms with van der Waals surface area (Å²) in [6.45, 7) is 4.65. The lowest BCUT2D eigenvalue weighted by Crippen LogP contribution is -2.38. The van der Waals surface area contributed by atoms with Gasteiger partial charge in [0.05, 0.1) is 18.7 Å². The molecule has 108 valence electrons. The third kappa shape index (κ3) is 6.33. The lowest BCUT2D eigenvalue weighted by molar-refractivity contribution is 0.415. The van der Waals surface area contributed by atoms with Gasteiger partial charge in [-0.2, -0.15) is 0 Å². The summed E-state index contributed by atoms with van der Waals surface area (Å²) in [5, 5.41) is 3.69. The Morgan fingerprint density at radius 2 is 2.21 bits per heavy atom. The summed E-state index contributed by atoms with van der Waals surface area (Å²) < 4.78 is 5.09. The molecule has 1 rings (SSSR count). The zero-order valence-electron chi connectivity index (χ0n) is 11.4. The average Bonchev–Trinajstić information content (AvgIpc) is 2.36. The first-order valence-corrected chi connectivity index (χ1v) is 6.33. The zero-order chi connectivity index (χ0) is 13.5. The van der Waals surface area contributed by atoms with Gasteiger partial charge in [0.2, 0.25) is 0 Å². The van der Waals surface area contributed by atoms with Crippen LogP contribution < -0.4 is 15.8 Å². The molecule has 0 aliphatic carbocycles. The second-order valence-corrected chi connectivity index (χ2v) is 4.53. The monoisotopic (exact) mass is 397 g/mol. The molecule has 0 heterocycles. The van der Waals surface area contributed by atoms with Crippen LogP contribution in [-0.2, 0) is 6.54 Å². The normalized spacial score (nSPS) is 12.5. The summed E-state index contributed by atoms with van der Waals surface area (Å²) in [6, 6.07) is 5.91. The number of rotatable bonds is 5. The molecule has 0 amide bonds. The van der Waals surface area contributed by atoms with Crippen LogP contribution in [0.1, 0.15) is 25.8 Å². The summed E-state index contributed by atoms with van der Waals surface area (Å²) in [6.07, 6.45) is 1.00. The molecule has 4 nitrogen and oxygen atoms in total. The predicted octanol–water partition coefficient (Wildman–Crippen LogP) is 3.17. The van der Waals surface area contributed by atoms with Crippen LogP contribution in [0.25, 0.3) is 0 Å². The molecule has 1 aromatic carbocycles. The maximum atomic E-state index is 6.03. The number of benzene rings is 1. The maximum absolute atomic E-state index is 6.03. The van der Waals surface area contributed by atoms with Crippen LogP contribution in [0.5, 0.6) is 5.75 Å². The number of methoxy groups -OCH3 is 1. The Morgan fingerprint density at radius 3 is 2.74 bits per heavy atom. The molecule has 0 aliphatic rings. The minimum Gasteiger partial charge on any atom is -0.495 e. The highest BCUT2D eigenvalue weighted by atomic mass is 127. The molecule has 0 saturated carbocycles. The second kappa shape index (κ2) is 9.25. The van der Waals surface area contributed by atoms with E-state index in [4.69, 9.17) is 22.1 Å². The van der Waals surface area contributed by atoms with Crippen molar-refractivity contribution in [2.75, 3.05) is 7.11 Å². The predicted molar refractivity (Wildman–Crippen MR) is 91.6 cm³/mol. The van der Waals surface area contributed by atoms with E-state index in [1.807, 2.05) is 18.2 Å². The minimum atomic E-state index is 0. The lowest BCUT2D eigenvalue weighted by atomic mass is 10.2. The van der Waals surface area contributed by atoms with Crippen molar-refractivity contribution >= 4 is 41.5 Å².